The van der Waals surface area contributed by atoms with Gasteiger partial charge in [-0.1, -0.05) is 50.2 Å². The Bertz CT molecular complexity index is 1060. The molecule has 6 heteroatoms. The lowest BCUT2D eigenvalue weighted by Crippen LogP contribution is -2.25. The molecule has 0 aliphatic carbocycles. The lowest BCUT2D eigenvalue weighted by Gasteiger charge is -2.18. The zero-order valence-corrected chi connectivity index (χ0v) is 19.4. The van der Waals surface area contributed by atoms with Gasteiger partial charge in [-0.2, -0.15) is 0 Å². The maximum absolute atomic E-state index is 12.8. The molecule has 0 spiro atoms. The number of carbonyl (C=O) groups excluding carboxylic acids is 2. The second-order valence-corrected chi connectivity index (χ2v) is 7.69. The first-order chi connectivity index (χ1) is 16.0. The van der Waals surface area contributed by atoms with E-state index in [0.717, 1.165) is 25.2 Å². The van der Waals surface area contributed by atoms with E-state index in [1.807, 2.05) is 12.1 Å². The van der Waals surface area contributed by atoms with Crippen LogP contribution in [0.2, 0.25) is 0 Å². The van der Waals surface area contributed by atoms with Crippen molar-refractivity contribution in [1.82, 2.24) is 10.2 Å². The van der Waals surface area contributed by atoms with Crippen LogP contribution in [-0.2, 0) is 13.1 Å². The van der Waals surface area contributed by atoms with Gasteiger partial charge in [0.05, 0.1) is 18.4 Å². The largest absolute Gasteiger partial charge is 0.497 e. The van der Waals surface area contributed by atoms with E-state index in [9.17, 15) is 9.59 Å². The van der Waals surface area contributed by atoms with Crippen LogP contribution in [0.15, 0.2) is 72.8 Å². The Labute approximate surface area is 195 Å². The standard InChI is InChI=1S/C27H31N3O3/c1-4-30(5-2)19-21-12-10-20(11-13-21)18-28-27(32)24-8-6-7-9-25(24)29-26(31)22-14-16-23(33-3)17-15-22/h6-17H,4-5,18-19H2,1-3H3,(H,28,32)(H,29,31). The number of rotatable bonds is 10. The zero-order chi connectivity index (χ0) is 23.6. The number of benzene rings is 3. The molecule has 3 rings (SSSR count). The molecule has 2 N–H and O–H groups in total. The van der Waals surface area contributed by atoms with E-state index in [2.05, 4.69) is 41.5 Å². The van der Waals surface area contributed by atoms with E-state index < -0.39 is 0 Å². The monoisotopic (exact) mass is 445 g/mol. The Morgan fingerprint density at radius 1 is 0.818 bits per heavy atom. The van der Waals surface area contributed by atoms with Gasteiger partial charge in [0.15, 0.2) is 0 Å². The summed E-state index contributed by atoms with van der Waals surface area (Å²) in [5, 5.41) is 5.78. The molecule has 0 aromatic heterocycles. The van der Waals surface area contributed by atoms with E-state index in [0.29, 0.717) is 29.1 Å². The molecule has 0 atom stereocenters. The minimum atomic E-state index is -0.290. The van der Waals surface area contributed by atoms with E-state index in [1.54, 1.807) is 55.6 Å². The highest BCUT2D eigenvalue weighted by Crippen LogP contribution is 2.18. The molecular formula is C27H31N3O3. The highest BCUT2D eigenvalue weighted by atomic mass is 16.5. The number of anilines is 1. The summed E-state index contributed by atoms with van der Waals surface area (Å²) in [6.07, 6.45) is 0. The average molecular weight is 446 g/mol. The minimum Gasteiger partial charge on any atom is -0.497 e. The maximum Gasteiger partial charge on any atom is 0.255 e. The van der Waals surface area contributed by atoms with Crippen molar-refractivity contribution in [3.8, 4) is 5.75 Å². The number of nitrogens with one attached hydrogen (secondary N) is 2. The normalized spacial score (nSPS) is 10.7. The summed E-state index contributed by atoms with van der Waals surface area (Å²) >= 11 is 0. The fraction of sp³-hybridized carbons (Fsp3) is 0.259. The third-order valence-corrected chi connectivity index (χ3v) is 5.55. The Morgan fingerprint density at radius 2 is 1.45 bits per heavy atom. The van der Waals surface area contributed by atoms with Gasteiger partial charge in [-0.15, -0.1) is 0 Å². The number of para-hydroxylation sites is 1. The Hall–Kier alpha value is -3.64. The van der Waals surface area contributed by atoms with Gasteiger partial charge in [0.25, 0.3) is 11.8 Å². The molecule has 0 fully saturated rings. The number of methoxy groups -OCH3 is 1. The van der Waals surface area contributed by atoms with Crippen LogP contribution in [0.4, 0.5) is 5.69 Å². The van der Waals surface area contributed by atoms with Crippen LogP contribution in [-0.4, -0.2) is 36.9 Å². The summed E-state index contributed by atoms with van der Waals surface area (Å²) in [7, 11) is 1.57. The molecule has 0 radical (unpaired) electrons. The molecule has 6 nitrogen and oxygen atoms in total. The molecule has 0 bridgehead atoms. The van der Waals surface area contributed by atoms with Crippen LogP contribution in [0.1, 0.15) is 45.7 Å². The molecular weight excluding hydrogens is 414 g/mol. The second-order valence-electron chi connectivity index (χ2n) is 7.69. The molecule has 0 saturated heterocycles. The Kier molecular flexibility index (Phi) is 8.61. The van der Waals surface area contributed by atoms with Crippen LogP contribution in [0.5, 0.6) is 5.75 Å². The zero-order valence-electron chi connectivity index (χ0n) is 19.4. The quantitative estimate of drug-likeness (QED) is 0.474. The van der Waals surface area contributed by atoms with Crippen molar-refractivity contribution in [2.75, 3.05) is 25.5 Å². The highest BCUT2D eigenvalue weighted by molar-refractivity contribution is 6.09. The molecule has 172 valence electrons. The third-order valence-electron chi connectivity index (χ3n) is 5.55. The first-order valence-electron chi connectivity index (χ1n) is 11.2. The van der Waals surface area contributed by atoms with Crippen molar-refractivity contribution in [1.29, 1.82) is 0 Å². The van der Waals surface area contributed by atoms with Crippen molar-refractivity contribution in [3.63, 3.8) is 0 Å². The second kappa shape index (κ2) is 11.8. The number of ether oxygens (including phenoxy) is 1. The summed E-state index contributed by atoms with van der Waals surface area (Å²) in [5.41, 5.74) is 3.63. The van der Waals surface area contributed by atoms with E-state index >= 15 is 0 Å². The van der Waals surface area contributed by atoms with Gasteiger partial charge in [0.1, 0.15) is 5.75 Å². The van der Waals surface area contributed by atoms with Gasteiger partial charge in [-0.05, 0) is 60.6 Å². The summed E-state index contributed by atoms with van der Waals surface area (Å²) in [6.45, 7) is 7.67. The SMILES string of the molecule is CCN(CC)Cc1ccc(CNC(=O)c2ccccc2NC(=O)c2ccc(OC)cc2)cc1. The van der Waals surface area contributed by atoms with Crippen molar-refractivity contribution >= 4 is 17.5 Å². The number of carbonyl (C=O) groups is 2. The minimum absolute atomic E-state index is 0.243. The molecule has 0 aliphatic heterocycles. The molecule has 33 heavy (non-hydrogen) atoms. The number of hydrogen-bond acceptors (Lipinski definition) is 4. The number of nitrogens with zero attached hydrogens (tertiary/aromatic N) is 1. The lowest BCUT2D eigenvalue weighted by atomic mass is 10.1. The van der Waals surface area contributed by atoms with E-state index in [-0.39, 0.29) is 11.8 Å². The predicted molar refractivity (Wildman–Crippen MR) is 132 cm³/mol. The maximum atomic E-state index is 12.8. The Balaban J connectivity index is 1.62. The average Bonchev–Trinajstić information content (AvgIpc) is 2.86. The lowest BCUT2D eigenvalue weighted by molar-refractivity contribution is 0.0952. The number of hydrogen-bond donors (Lipinski definition) is 2. The van der Waals surface area contributed by atoms with Crippen molar-refractivity contribution < 1.29 is 14.3 Å². The molecule has 3 aromatic rings. The predicted octanol–water partition coefficient (Wildman–Crippen LogP) is 4.72. The summed E-state index contributed by atoms with van der Waals surface area (Å²) in [6, 6.07) is 22.1. The topological polar surface area (TPSA) is 70.7 Å². The molecule has 0 unspecified atom stereocenters. The van der Waals surface area contributed by atoms with Gasteiger partial charge in [-0.25, -0.2) is 0 Å². The van der Waals surface area contributed by atoms with Crippen molar-refractivity contribution in [2.24, 2.45) is 0 Å². The molecule has 2 amide bonds. The first kappa shape index (κ1) is 24.0. The highest BCUT2D eigenvalue weighted by Gasteiger charge is 2.14. The van der Waals surface area contributed by atoms with Gasteiger partial charge >= 0.3 is 0 Å². The van der Waals surface area contributed by atoms with E-state index in [1.165, 1.54) is 5.56 Å². The molecule has 0 saturated carbocycles. The van der Waals surface area contributed by atoms with Crippen LogP contribution in [0.25, 0.3) is 0 Å². The van der Waals surface area contributed by atoms with Gasteiger partial charge < -0.3 is 15.4 Å². The van der Waals surface area contributed by atoms with Crippen molar-refractivity contribution in [2.45, 2.75) is 26.9 Å². The van der Waals surface area contributed by atoms with Gasteiger partial charge in [0.2, 0.25) is 0 Å². The van der Waals surface area contributed by atoms with E-state index in [4.69, 9.17) is 4.74 Å². The Morgan fingerprint density at radius 3 is 2.09 bits per heavy atom. The van der Waals surface area contributed by atoms with Gasteiger partial charge in [0, 0.05) is 18.7 Å². The smallest absolute Gasteiger partial charge is 0.255 e. The fourth-order valence-corrected chi connectivity index (χ4v) is 3.47. The summed E-state index contributed by atoms with van der Waals surface area (Å²) in [4.78, 5) is 27.8. The first-order valence-corrected chi connectivity index (χ1v) is 11.2. The van der Waals surface area contributed by atoms with Crippen LogP contribution in [0, 0.1) is 0 Å². The van der Waals surface area contributed by atoms with Crippen LogP contribution < -0.4 is 15.4 Å². The van der Waals surface area contributed by atoms with Crippen LogP contribution in [0.3, 0.4) is 0 Å². The summed E-state index contributed by atoms with van der Waals surface area (Å²) in [5.74, 6) is 0.141. The van der Waals surface area contributed by atoms with Crippen LogP contribution >= 0.6 is 0 Å². The van der Waals surface area contributed by atoms with Crippen molar-refractivity contribution in [3.05, 3.63) is 95.1 Å². The third kappa shape index (κ3) is 6.67. The molecule has 0 heterocycles. The number of amides is 2. The molecule has 0 aliphatic rings. The fourth-order valence-electron chi connectivity index (χ4n) is 3.47. The van der Waals surface area contributed by atoms with Gasteiger partial charge in [-0.3, -0.25) is 14.5 Å². The molecule has 3 aromatic carbocycles. The summed E-state index contributed by atoms with van der Waals surface area (Å²) < 4.78 is 5.13.